The number of para-hydroxylation sites is 1. The summed E-state index contributed by atoms with van der Waals surface area (Å²) in [4.78, 5) is 34.1. The lowest BCUT2D eigenvalue weighted by molar-refractivity contribution is -0.385. The molecule has 0 spiro atoms. The van der Waals surface area contributed by atoms with Gasteiger partial charge in [-0.15, -0.1) is 0 Å². The second kappa shape index (κ2) is 8.25. The van der Waals surface area contributed by atoms with Crippen molar-refractivity contribution in [2.45, 2.75) is 13.0 Å². The number of nitrogens with zero attached hydrogens (tertiary/aromatic N) is 1. The molecule has 1 amide bonds. The van der Waals surface area contributed by atoms with Crippen LogP contribution in [0.1, 0.15) is 28.9 Å². The molecule has 0 fully saturated rings. The van der Waals surface area contributed by atoms with E-state index in [4.69, 9.17) is 16.3 Å². The van der Waals surface area contributed by atoms with Gasteiger partial charge in [0.2, 0.25) is 0 Å². The maximum absolute atomic E-state index is 12.0. The summed E-state index contributed by atoms with van der Waals surface area (Å²) in [5, 5.41) is 14.1. The summed E-state index contributed by atoms with van der Waals surface area (Å²) in [6, 6.07) is 12.0. The molecule has 25 heavy (non-hydrogen) atoms. The predicted molar refractivity (Wildman–Crippen MR) is 91.4 cm³/mol. The van der Waals surface area contributed by atoms with Gasteiger partial charge in [0.1, 0.15) is 5.56 Å². The Kier molecular flexibility index (Phi) is 6.08. The Balaban J connectivity index is 1.94. The van der Waals surface area contributed by atoms with E-state index < -0.39 is 23.4 Å². The molecule has 2 aromatic carbocycles. The third kappa shape index (κ3) is 5.02. The number of amides is 1. The van der Waals surface area contributed by atoms with Crippen LogP contribution >= 0.6 is 11.6 Å². The van der Waals surface area contributed by atoms with Crippen molar-refractivity contribution >= 4 is 29.2 Å². The molecule has 0 aliphatic rings. The molecule has 1 atom stereocenters. The smallest absolute Gasteiger partial charge is 0.345 e. The quantitative estimate of drug-likeness (QED) is 0.483. The van der Waals surface area contributed by atoms with Gasteiger partial charge in [0, 0.05) is 11.1 Å². The molecule has 0 radical (unpaired) electrons. The second-order valence-corrected chi connectivity index (χ2v) is 5.63. The summed E-state index contributed by atoms with van der Waals surface area (Å²) in [6.45, 7) is 1.21. The number of nitro benzene ring substituents is 1. The van der Waals surface area contributed by atoms with Crippen LogP contribution in [-0.2, 0) is 9.53 Å². The Bertz CT molecular complexity index is 809. The zero-order valence-corrected chi connectivity index (χ0v) is 14.0. The van der Waals surface area contributed by atoms with Gasteiger partial charge in [0.15, 0.2) is 6.61 Å². The molecule has 7 nitrogen and oxygen atoms in total. The molecule has 0 heterocycles. The third-order valence-corrected chi connectivity index (χ3v) is 3.62. The fourth-order valence-corrected chi connectivity index (χ4v) is 2.36. The molecule has 2 rings (SSSR count). The molecule has 2 aromatic rings. The highest BCUT2D eigenvalue weighted by atomic mass is 35.5. The van der Waals surface area contributed by atoms with Crippen molar-refractivity contribution in [3.63, 3.8) is 0 Å². The van der Waals surface area contributed by atoms with E-state index in [9.17, 15) is 19.7 Å². The van der Waals surface area contributed by atoms with Gasteiger partial charge in [-0.1, -0.05) is 35.9 Å². The van der Waals surface area contributed by atoms with Crippen LogP contribution in [0, 0.1) is 10.1 Å². The average molecular weight is 363 g/mol. The highest BCUT2D eigenvalue weighted by molar-refractivity contribution is 6.30. The number of esters is 1. The van der Waals surface area contributed by atoms with Gasteiger partial charge < -0.3 is 10.1 Å². The minimum absolute atomic E-state index is 0.205. The van der Waals surface area contributed by atoms with Crippen LogP contribution in [0.4, 0.5) is 5.69 Å². The van der Waals surface area contributed by atoms with Crippen LogP contribution in [0.5, 0.6) is 0 Å². The van der Waals surface area contributed by atoms with E-state index in [0.717, 1.165) is 5.56 Å². The van der Waals surface area contributed by atoms with Gasteiger partial charge in [-0.05, 0) is 30.7 Å². The van der Waals surface area contributed by atoms with Crippen LogP contribution in [0.3, 0.4) is 0 Å². The van der Waals surface area contributed by atoms with Crippen LogP contribution in [-0.4, -0.2) is 23.4 Å². The van der Waals surface area contributed by atoms with Crippen molar-refractivity contribution in [2.75, 3.05) is 6.61 Å². The van der Waals surface area contributed by atoms with Crippen LogP contribution in [0.15, 0.2) is 48.5 Å². The van der Waals surface area contributed by atoms with E-state index in [2.05, 4.69) is 5.32 Å². The maximum atomic E-state index is 12.0. The zero-order valence-electron chi connectivity index (χ0n) is 13.3. The molecule has 130 valence electrons. The number of nitro groups is 1. The van der Waals surface area contributed by atoms with Crippen molar-refractivity contribution in [1.82, 2.24) is 5.32 Å². The first-order valence-electron chi connectivity index (χ1n) is 7.34. The minimum atomic E-state index is -0.933. The first-order valence-corrected chi connectivity index (χ1v) is 7.71. The molecule has 1 unspecified atom stereocenters. The summed E-state index contributed by atoms with van der Waals surface area (Å²) >= 11 is 5.90. The van der Waals surface area contributed by atoms with E-state index in [1.54, 1.807) is 31.2 Å². The number of carbonyl (C=O) groups is 2. The lowest BCUT2D eigenvalue weighted by Crippen LogP contribution is -2.31. The highest BCUT2D eigenvalue weighted by Crippen LogP contribution is 2.19. The molecule has 8 heteroatoms. The van der Waals surface area contributed by atoms with E-state index in [-0.39, 0.29) is 17.3 Å². The molecule has 0 saturated heterocycles. The Labute approximate surface area is 148 Å². The van der Waals surface area contributed by atoms with Crippen molar-refractivity contribution in [1.29, 1.82) is 0 Å². The van der Waals surface area contributed by atoms with Crippen molar-refractivity contribution in [3.05, 3.63) is 74.8 Å². The van der Waals surface area contributed by atoms with Crippen molar-refractivity contribution < 1.29 is 19.2 Å². The predicted octanol–water partition coefficient (Wildman–Crippen LogP) is 3.28. The number of benzene rings is 2. The molecular formula is C17H15ClN2O5. The fourth-order valence-electron chi connectivity index (χ4n) is 2.16. The Hall–Kier alpha value is -2.93. The molecule has 0 aliphatic carbocycles. The summed E-state index contributed by atoms with van der Waals surface area (Å²) in [6.07, 6.45) is 0. The summed E-state index contributed by atoms with van der Waals surface area (Å²) in [5.41, 5.74) is 0.217. The summed E-state index contributed by atoms with van der Waals surface area (Å²) in [5.74, 6) is -1.46. The second-order valence-electron chi connectivity index (χ2n) is 5.19. The monoisotopic (exact) mass is 362 g/mol. The Morgan fingerprint density at radius 2 is 1.96 bits per heavy atom. The van der Waals surface area contributed by atoms with Gasteiger partial charge in [0.25, 0.3) is 11.6 Å². The summed E-state index contributed by atoms with van der Waals surface area (Å²) < 4.78 is 4.86. The molecule has 1 N–H and O–H groups in total. The number of hydrogen-bond donors (Lipinski definition) is 1. The number of nitrogens with one attached hydrogen (secondary N) is 1. The lowest BCUT2D eigenvalue weighted by atomic mass is 10.1. The van der Waals surface area contributed by atoms with E-state index in [1.807, 2.05) is 0 Å². The molecule has 0 bridgehead atoms. The van der Waals surface area contributed by atoms with Crippen molar-refractivity contribution in [2.24, 2.45) is 0 Å². The number of hydrogen-bond acceptors (Lipinski definition) is 5. The zero-order chi connectivity index (χ0) is 18.4. The lowest BCUT2D eigenvalue weighted by Gasteiger charge is -2.14. The number of ether oxygens (including phenoxy) is 1. The summed E-state index contributed by atoms with van der Waals surface area (Å²) in [7, 11) is 0. The highest BCUT2D eigenvalue weighted by Gasteiger charge is 2.21. The van der Waals surface area contributed by atoms with E-state index in [0.29, 0.717) is 5.02 Å². The number of rotatable bonds is 6. The first kappa shape index (κ1) is 18.4. The fraction of sp³-hybridized carbons (Fsp3) is 0.176. The number of carbonyl (C=O) groups excluding carboxylic acids is 2. The van der Waals surface area contributed by atoms with Gasteiger partial charge in [-0.25, -0.2) is 4.79 Å². The Morgan fingerprint density at radius 3 is 2.64 bits per heavy atom. The number of halogens is 1. The molecular weight excluding hydrogens is 348 g/mol. The first-order chi connectivity index (χ1) is 11.9. The normalized spacial score (nSPS) is 11.4. The van der Waals surface area contributed by atoms with E-state index in [1.165, 1.54) is 24.3 Å². The van der Waals surface area contributed by atoms with E-state index >= 15 is 0 Å². The average Bonchev–Trinajstić information content (AvgIpc) is 2.59. The van der Waals surface area contributed by atoms with Crippen LogP contribution in [0.2, 0.25) is 5.02 Å². The molecule has 0 saturated carbocycles. The van der Waals surface area contributed by atoms with Crippen LogP contribution in [0.25, 0.3) is 0 Å². The topological polar surface area (TPSA) is 98.5 Å². The van der Waals surface area contributed by atoms with Crippen molar-refractivity contribution in [3.8, 4) is 0 Å². The Morgan fingerprint density at radius 1 is 1.24 bits per heavy atom. The van der Waals surface area contributed by atoms with Crippen LogP contribution < -0.4 is 5.32 Å². The molecule has 0 aliphatic heterocycles. The SMILES string of the molecule is CC(NC(=O)COC(=O)c1ccccc1[N+](=O)[O-])c1cccc(Cl)c1. The van der Waals surface area contributed by atoms with Gasteiger partial charge >= 0.3 is 5.97 Å². The van der Waals surface area contributed by atoms with Gasteiger partial charge in [-0.3, -0.25) is 14.9 Å². The molecule has 0 aromatic heterocycles. The third-order valence-electron chi connectivity index (χ3n) is 3.38. The standard InChI is InChI=1S/C17H15ClN2O5/c1-11(12-5-4-6-13(18)9-12)19-16(21)10-25-17(22)14-7-2-3-8-15(14)20(23)24/h2-9,11H,10H2,1H3,(H,19,21). The largest absolute Gasteiger partial charge is 0.452 e. The van der Waals surface area contributed by atoms with Gasteiger partial charge in [-0.2, -0.15) is 0 Å². The maximum Gasteiger partial charge on any atom is 0.345 e. The van der Waals surface area contributed by atoms with Gasteiger partial charge in [0.05, 0.1) is 11.0 Å². The minimum Gasteiger partial charge on any atom is -0.452 e.